The second kappa shape index (κ2) is 11.3. The summed E-state index contributed by atoms with van der Waals surface area (Å²) < 4.78 is 33.8. The molecule has 2 aliphatic carbocycles. The van der Waals surface area contributed by atoms with Gasteiger partial charge in [-0.25, -0.2) is 8.42 Å². The van der Waals surface area contributed by atoms with Crippen LogP contribution < -0.4 is 0 Å². The number of ether oxygens (including phenoxy) is 2. The highest BCUT2D eigenvalue weighted by molar-refractivity contribution is 7.99. The lowest BCUT2D eigenvalue weighted by Crippen LogP contribution is -2.40. The Labute approximate surface area is 185 Å². The summed E-state index contributed by atoms with van der Waals surface area (Å²) in [6.45, 7) is 1.34. The van der Waals surface area contributed by atoms with E-state index in [1.165, 1.54) is 24.7 Å². The van der Waals surface area contributed by atoms with Gasteiger partial charge >= 0.3 is 0 Å². The zero-order valence-corrected chi connectivity index (χ0v) is 19.4. The summed E-state index contributed by atoms with van der Waals surface area (Å²) in [4.78, 5) is 0. The van der Waals surface area contributed by atoms with Crippen LogP contribution >= 0.6 is 11.8 Å². The lowest BCUT2D eigenvalue weighted by Gasteiger charge is -2.33. The van der Waals surface area contributed by atoms with Crippen LogP contribution in [0, 0.1) is 0 Å². The minimum Gasteiger partial charge on any atom is -0.373 e. The van der Waals surface area contributed by atoms with Crippen LogP contribution in [0.1, 0.15) is 36.8 Å². The van der Waals surface area contributed by atoms with E-state index in [4.69, 9.17) is 9.47 Å². The van der Waals surface area contributed by atoms with E-state index in [9.17, 15) is 8.42 Å². The van der Waals surface area contributed by atoms with Crippen molar-refractivity contribution in [2.24, 2.45) is 0 Å². The lowest BCUT2D eigenvalue weighted by molar-refractivity contribution is -0.00642. The third-order valence-corrected chi connectivity index (χ3v) is 8.35. The Morgan fingerprint density at radius 1 is 0.800 bits per heavy atom. The van der Waals surface area contributed by atoms with Crippen molar-refractivity contribution in [3.63, 3.8) is 0 Å². The number of hydrogen-bond donors (Lipinski definition) is 0. The first-order valence-electron chi connectivity index (χ1n) is 10.5. The highest BCUT2D eigenvalue weighted by Crippen LogP contribution is 2.32. The van der Waals surface area contributed by atoms with Crippen LogP contribution in [0.5, 0.6) is 0 Å². The van der Waals surface area contributed by atoms with E-state index in [-0.39, 0.29) is 11.4 Å². The monoisotopic (exact) mass is 448 g/mol. The molecule has 0 unspecified atom stereocenters. The molecule has 30 heavy (non-hydrogen) atoms. The zero-order valence-electron chi connectivity index (χ0n) is 17.8. The van der Waals surface area contributed by atoms with Crippen molar-refractivity contribution in [2.75, 3.05) is 12.5 Å². The van der Waals surface area contributed by atoms with Gasteiger partial charge in [-0.1, -0.05) is 60.7 Å². The molecular formula is C24H32O4S2. The Morgan fingerprint density at radius 2 is 1.23 bits per heavy atom. The van der Waals surface area contributed by atoms with Crippen LogP contribution in [0.15, 0.2) is 60.7 Å². The molecule has 0 amide bonds. The summed E-state index contributed by atoms with van der Waals surface area (Å²) in [5, 5.41) is 0.657. The summed E-state index contributed by atoms with van der Waals surface area (Å²) in [6, 6.07) is 20.3. The third kappa shape index (κ3) is 7.41. The van der Waals surface area contributed by atoms with Gasteiger partial charge in [0.25, 0.3) is 0 Å². The molecule has 2 aromatic rings. The minimum absolute atomic E-state index is 0.111. The van der Waals surface area contributed by atoms with Crippen LogP contribution in [0.2, 0.25) is 0 Å². The van der Waals surface area contributed by atoms with Gasteiger partial charge in [0.1, 0.15) is 0 Å². The molecule has 0 aliphatic heterocycles. The van der Waals surface area contributed by atoms with Crippen molar-refractivity contribution < 1.29 is 17.9 Å². The Balaban J connectivity index is 0.000000172. The average molecular weight is 449 g/mol. The molecule has 2 aromatic carbocycles. The standard InChI is InChI=1S/C12H16O3S.C12H16OS/c1-16(13,14)12-7-11(8-12)15-9-10-5-3-2-4-6-10;1-14-12-7-11(8-12)13-9-10-5-3-2-4-6-10/h2-6,11-12H,7-9H2,1H3;2-6,11-12H,7-9H2,1H3. The van der Waals surface area contributed by atoms with E-state index < -0.39 is 9.84 Å². The Bertz CT molecular complexity index is 843. The summed E-state index contributed by atoms with van der Waals surface area (Å²) in [5.41, 5.74) is 2.41. The first-order valence-corrected chi connectivity index (χ1v) is 13.7. The van der Waals surface area contributed by atoms with Crippen molar-refractivity contribution >= 4 is 21.6 Å². The predicted octanol–water partition coefficient (Wildman–Crippen LogP) is 4.88. The van der Waals surface area contributed by atoms with Gasteiger partial charge < -0.3 is 9.47 Å². The van der Waals surface area contributed by atoms with Gasteiger partial charge in [-0.15, -0.1) is 0 Å². The minimum atomic E-state index is -2.86. The maximum Gasteiger partial charge on any atom is 0.150 e. The topological polar surface area (TPSA) is 52.6 Å². The highest BCUT2D eigenvalue weighted by atomic mass is 32.2. The SMILES string of the molecule is CS(=O)(=O)C1CC(OCc2ccccc2)C1.CSC1CC(OCc2ccccc2)C1. The smallest absolute Gasteiger partial charge is 0.150 e. The molecule has 6 heteroatoms. The molecule has 0 N–H and O–H groups in total. The van der Waals surface area contributed by atoms with Crippen LogP contribution in [-0.4, -0.2) is 43.6 Å². The molecular weight excluding hydrogens is 416 g/mol. The van der Waals surface area contributed by atoms with Gasteiger partial charge in [-0.3, -0.25) is 0 Å². The van der Waals surface area contributed by atoms with Gasteiger partial charge in [0.15, 0.2) is 9.84 Å². The van der Waals surface area contributed by atoms with Gasteiger partial charge in [0, 0.05) is 11.5 Å². The van der Waals surface area contributed by atoms with E-state index in [0.29, 0.717) is 25.6 Å². The number of thioether (sulfide) groups is 1. The Morgan fingerprint density at radius 3 is 1.63 bits per heavy atom. The molecule has 2 fully saturated rings. The van der Waals surface area contributed by atoms with E-state index in [1.54, 1.807) is 0 Å². The summed E-state index contributed by atoms with van der Waals surface area (Å²) in [5.74, 6) is 0. The van der Waals surface area contributed by atoms with Crippen LogP contribution in [0.3, 0.4) is 0 Å². The maximum absolute atomic E-state index is 11.2. The zero-order chi connectivity index (χ0) is 21.4. The van der Waals surface area contributed by atoms with Gasteiger partial charge in [0.2, 0.25) is 0 Å². The fraction of sp³-hybridized carbons (Fsp3) is 0.500. The molecule has 0 atom stereocenters. The number of sulfone groups is 1. The molecule has 0 spiro atoms. The molecule has 0 aromatic heterocycles. The van der Waals surface area contributed by atoms with Crippen molar-refractivity contribution in [1.29, 1.82) is 0 Å². The first kappa shape index (κ1) is 23.3. The van der Waals surface area contributed by atoms with Crippen LogP contribution in [0.25, 0.3) is 0 Å². The molecule has 2 saturated carbocycles. The molecule has 0 heterocycles. The van der Waals surface area contributed by atoms with Gasteiger partial charge in [-0.2, -0.15) is 11.8 Å². The molecule has 4 nitrogen and oxygen atoms in total. The number of rotatable bonds is 8. The molecule has 0 bridgehead atoms. The average Bonchev–Trinajstić information content (AvgIpc) is 2.67. The fourth-order valence-corrected chi connectivity index (χ4v) is 5.37. The molecule has 164 valence electrons. The van der Waals surface area contributed by atoms with E-state index in [1.807, 2.05) is 48.2 Å². The number of hydrogen-bond acceptors (Lipinski definition) is 5. The fourth-order valence-electron chi connectivity index (χ4n) is 3.43. The summed E-state index contributed by atoms with van der Waals surface area (Å²) in [6.07, 6.45) is 7.84. The third-order valence-electron chi connectivity index (χ3n) is 5.70. The quantitative estimate of drug-likeness (QED) is 0.576. The molecule has 0 radical (unpaired) electrons. The van der Waals surface area contributed by atoms with E-state index in [2.05, 4.69) is 30.5 Å². The van der Waals surface area contributed by atoms with Crippen LogP contribution in [-0.2, 0) is 32.5 Å². The van der Waals surface area contributed by atoms with E-state index in [0.717, 1.165) is 17.4 Å². The Hall–Kier alpha value is -1.34. The number of benzene rings is 2. The second-order valence-electron chi connectivity index (χ2n) is 8.09. The van der Waals surface area contributed by atoms with Crippen LogP contribution in [0.4, 0.5) is 0 Å². The van der Waals surface area contributed by atoms with Crippen molar-refractivity contribution in [3.05, 3.63) is 71.8 Å². The molecule has 2 aliphatic rings. The predicted molar refractivity (Wildman–Crippen MR) is 124 cm³/mol. The Kier molecular flexibility index (Phi) is 8.81. The van der Waals surface area contributed by atoms with E-state index >= 15 is 0 Å². The van der Waals surface area contributed by atoms with Gasteiger partial charge in [-0.05, 0) is 43.1 Å². The maximum atomic E-state index is 11.2. The van der Waals surface area contributed by atoms with Crippen molar-refractivity contribution in [3.8, 4) is 0 Å². The summed E-state index contributed by atoms with van der Waals surface area (Å²) in [7, 11) is -2.86. The highest BCUT2D eigenvalue weighted by Gasteiger charge is 2.36. The molecule has 0 saturated heterocycles. The van der Waals surface area contributed by atoms with Crippen molar-refractivity contribution in [1.82, 2.24) is 0 Å². The largest absolute Gasteiger partial charge is 0.373 e. The molecule has 4 rings (SSSR count). The van der Waals surface area contributed by atoms with Gasteiger partial charge in [0.05, 0.1) is 30.7 Å². The normalized spacial score (nSPS) is 25.4. The summed E-state index contributed by atoms with van der Waals surface area (Å²) >= 11 is 1.96. The van der Waals surface area contributed by atoms with Crippen molar-refractivity contribution in [2.45, 2.75) is 61.6 Å². The second-order valence-corrected chi connectivity index (χ2v) is 11.6. The lowest BCUT2D eigenvalue weighted by atomic mass is 9.95. The first-order chi connectivity index (χ1) is 14.4.